The average molecular weight is 267 g/mol. The maximum absolute atomic E-state index is 13.0. The van der Waals surface area contributed by atoms with E-state index in [1.807, 2.05) is 6.07 Å². The summed E-state index contributed by atoms with van der Waals surface area (Å²) in [6, 6.07) is 8.92. The van der Waals surface area contributed by atoms with Crippen molar-refractivity contribution in [3.63, 3.8) is 0 Å². The molecule has 0 saturated carbocycles. The van der Waals surface area contributed by atoms with Crippen molar-refractivity contribution < 1.29 is 13.2 Å². The Kier molecular flexibility index (Phi) is 2.82. The third kappa shape index (κ3) is 2.12. The predicted octanol–water partition coefficient (Wildman–Crippen LogP) is 2.54. The van der Waals surface area contributed by atoms with Crippen molar-refractivity contribution >= 4 is 0 Å². The van der Waals surface area contributed by atoms with Crippen molar-refractivity contribution in [3.05, 3.63) is 47.3 Å². The number of nitrogens with zero attached hydrogens (tertiary/aromatic N) is 2. The summed E-state index contributed by atoms with van der Waals surface area (Å²) in [6.07, 6.45) is -3.86. The third-order valence-electron chi connectivity index (χ3n) is 3.20. The molecule has 0 bridgehead atoms. The van der Waals surface area contributed by atoms with Gasteiger partial charge < -0.3 is 5.32 Å². The van der Waals surface area contributed by atoms with E-state index < -0.39 is 11.9 Å². The summed E-state index contributed by atoms with van der Waals surface area (Å²) < 4.78 is 40.4. The van der Waals surface area contributed by atoms with Crippen LogP contribution in [0.15, 0.2) is 30.3 Å². The maximum Gasteiger partial charge on any atom is 0.435 e. The lowest BCUT2D eigenvalue weighted by Crippen LogP contribution is -2.25. The Labute approximate surface area is 108 Å². The monoisotopic (exact) mass is 267 g/mol. The number of benzene rings is 1. The van der Waals surface area contributed by atoms with E-state index in [1.54, 1.807) is 24.3 Å². The van der Waals surface area contributed by atoms with E-state index in [1.165, 1.54) is 4.68 Å². The lowest BCUT2D eigenvalue weighted by atomic mass is 10.1. The summed E-state index contributed by atoms with van der Waals surface area (Å²) in [7, 11) is 0. The van der Waals surface area contributed by atoms with Gasteiger partial charge in [-0.15, -0.1) is 0 Å². The highest BCUT2D eigenvalue weighted by Crippen LogP contribution is 2.34. The molecule has 0 radical (unpaired) electrons. The van der Waals surface area contributed by atoms with Crippen molar-refractivity contribution in [2.45, 2.75) is 19.1 Å². The molecule has 100 valence electrons. The van der Waals surface area contributed by atoms with E-state index >= 15 is 0 Å². The van der Waals surface area contributed by atoms with Crippen LogP contribution >= 0.6 is 0 Å². The maximum atomic E-state index is 13.0. The molecular weight excluding hydrogens is 255 g/mol. The molecule has 1 aliphatic rings. The fourth-order valence-electron chi connectivity index (χ4n) is 2.36. The molecule has 1 aliphatic heterocycles. The fourth-order valence-corrected chi connectivity index (χ4v) is 2.36. The molecule has 6 heteroatoms. The molecule has 0 unspecified atom stereocenters. The lowest BCUT2D eigenvalue weighted by Gasteiger charge is -2.16. The van der Waals surface area contributed by atoms with Crippen molar-refractivity contribution in [1.82, 2.24) is 15.1 Å². The minimum atomic E-state index is -4.41. The second-order valence-electron chi connectivity index (χ2n) is 4.45. The van der Waals surface area contributed by atoms with Gasteiger partial charge in [-0.3, -0.25) is 0 Å². The number of fused-ring (bicyclic) bond motifs is 1. The second-order valence-corrected chi connectivity index (χ2v) is 4.45. The van der Waals surface area contributed by atoms with Crippen molar-refractivity contribution in [1.29, 1.82) is 0 Å². The van der Waals surface area contributed by atoms with Gasteiger partial charge in [0.15, 0.2) is 5.69 Å². The quantitative estimate of drug-likeness (QED) is 0.860. The van der Waals surface area contributed by atoms with Gasteiger partial charge in [0.1, 0.15) is 0 Å². The largest absolute Gasteiger partial charge is 0.435 e. The van der Waals surface area contributed by atoms with Gasteiger partial charge in [0.2, 0.25) is 0 Å². The van der Waals surface area contributed by atoms with Crippen LogP contribution in [0.5, 0.6) is 0 Å². The Morgan fingerprint density at radius 1 is 1.16 bits per heavy atom. The molecule has 2 heterocycles. The molecule has 0 atom stereocenters. The minimum absolute atomic E-state index is 0.219. The molecule has 1 aromatic heterocycles. The summed E-state index contributed by atoms with van der Waals surface area (Å²) in [5.74, 6) is 0. The van der Waals surface area contributed by atoms with Crippen LogP contribution in [0.4, 0.5) is 13.2 Å². The molecule has 0 saturated heterocycles. The smallest absolute Gasteiger partial charge is 0.312 e. The molecule has 1 aromatic carbocycles. The van der Waals surface area contributed by atoms with Crippen molar-refractivity contribution in [2.24, 2.45) is 0 Å². The number of nitrogens with one attached hydrogen (secondary N) is 1. The van der Waals surface area contributed by atoms with Crippen LogP contribution in [-0.4, -0.2) is 16.3 Å². The average Bonchev–Trinajstić information content (AvgIpc) is 2.79. The minimum Gasteiger partial charge on any atom is -0.312 e. The van der Waals surface area contributed by atoms with Crippen LogP contribution < -0.4 is 5.32 Å². The zero-order chi connectivity index (χ0) is 13.5. The number of para-hydroxylation sites is 1. The van der Waals surface area contributed by atoms with Crippen LogP contribution in [0, 0.1) is 0 Å². The lowest BCUT2D eigenvalue weighted by molar-refractivity contribution is -0.142. The van der Waals surface area contributed by atoms with Crippen molar-refractivity contribution in [3.8, 4) is 5.69 Å². The molecule has 2 aromatic rings. The highest BCUT2D eigenvalue weighted by molar-refractivity contribution is 5.39. The molecule has 0 amide bonds. The predicted molar refractivity (Wildman–Crippen MR) is 64.0 cm³/mol. The summed E-state index contributed by atoms with van der Waals surface area (Å²) in [5, 5.41) is 6.75. The van der Waals surface area contributed by atoms with E-state index in [2.05, 4.69) is 10.4 Å². The number of rotatable bonds is 1. The van der Waals surface area contributed by atoms with E-state index in [9.17, 15) is 13.2 Å². The zero-order valence-corrected chi connectivity index (χ0v) is 10.0. The fraction of sp³-hybridized carbons (Fsp3) is 0.308. The molecule has 1 N–H and O–H groups in total. The van der Waals surface area contributed by atoms with E-state index in [-0.39, 0.29) is 12.1 Å². The van der Waals surface area contributed by atoms with Gasteiger partial charge in [0, 0.05) is 25.1 Å². The Bertz CT molecular complexity index is 587. The molecule has 0 aliphatic carbocycles. The number of aromatic nitrogens is 2. The summed E-state index contributed by atoms with van der Waals surface area (Å²) in [6.45, 7) is 0.889. The van der Waals surface area contributed by atoms with Gasteiger partial charge in [0.25, 0.3) is 0 Å². The van der Waals surface area contributed by atoms with Gasteiger partial charge in [-0.1, -0.05) is 18.2 Å². The first-order valence-electron chi connectivity index (χ1n) is 6.01. The number of halogens is 3. The Morgan fingerprint density at radius 3 is 2.58 bits per heavy atom. The van der Waals surface area contributed by atoms with Gasteiger partial charge in [-0.25, -0.2) is 4.68 Å². The Morgan fingerprint density at radius 2 is 1.89 bits per heavy atom. The molecule has 3 rings (SSSR count). The number of alkyl halides is 3. The van der Waals surface area contributed by atoms with Gasteiger partial charge in [-0.05, 0) is 12.1 Å². The van der Waals surface area contributed by atoms with E-state index in [0.29, 0.717) is 24.3 Å². The third-order valence-corrected chi connectivity index (χ3v) is 3.20. The Balaban J connectivity index is 2.18. The van der Waals surface area contributed by atoms with Gasteiger partial charge in [-0.2, -0.15) is 18.3 Å². The SMILES string of the molecule is FC(F)(F)c1nn(-c2ccccc2)c2c1CNCC2. The Hall–Kier alpha value is -1.82. The molecule has 0 spiro atoms. The molecular formula is C13H12F3N3. The van der Waals surface area contributed by atoms with Crippen LogP contribution in [0.1, 0.15) is 17.0 Å². The first-order chi connectivity index (χ1) is 9.07. The summed E-state index contributed by atoms with van der Waals surface area (Å²) in [5.41, 5.74) is 0.801. The second kappa shape index (κ2) is 4.38. The van der Waals surface area contributed by atoms with E-state index in [0.717, 1.165) is 0 Å². The van der Waals surface area contributed by atoms with Crippen LogP contribution in [-0.2, 0) is 19.1 Å². The molecule has 19 heavy (non-hydrogen) atoms. The molecule has 3 nitrogen and oxygen atoms in total. The van der Waals surface area contributed by atoms with Crippen molar-refractivity contribution in [2.75, 3.05) is 6.54 Å². The first kappa shape index (κ1) is 12.2. The van der Waals surface area contributed by atoms with Gasteiger partial charge >= 0.3 is 6.18 Å². The first-order valence-corrected chi connectivity index (χ1v) is 6.01. The van der Waals surface area contributed by atoms with Crippen LogP contribution in [0.3, 0.4) is 0 Å². The van der Waals surface area contributed by atoms with Crippen LogP contribution in [0.25, 0.3) is 5.69 Å². The number of hydrogen-bond acceptors (Lipinski definition) is 2. The zero-order valence-electron chi connectivity index (χ0n) is 10.0. The highest BCUT2D eigenvalue weighted by atomic mass is 19.4. The normalized spacial score (nSPS) is 15.3. The van der Waals surface area contributed by atoms with Crippen LogP contribution in [0.2, 0.25) is 0 Å². The highest BCUT2D eigenvalue weighted by Gasteiger charge is 2.39. The number of hydrogen-bond donors (Lipinski definition) is 1. The standard InChI is InChI=1S/C13H12F3N3/c14-13(15,16)12-10-8-17-7-6-11(10)19(18-12)9-4-2-1-3-5-9/h1-5,17H,6-8H2. The summed E-state index contributed by atoms with van der Waals surface area (Å²) >= 11 is 0. The summed E-state index contributed by atoms with van der Waals surface area (Å²) in [4.78, 5) is 0. The molecule has 0 fully saturated rings. The van der Waals surface area contributed by atoms with Gasteiger partial charge in [0.05, 0.1) is 11.4 Å². The van der Waals surface area contributed by atoms with E-state index in [4.69, 9.17) is 0 Å². The topological polar surface area (TPSA) is 29.9 Å².